The smallest absolute Gasteiger partial charge is 0.157 e. The molecule has 0 aromatic carbocycles. The summed E-state index contributed by atoms with van der Waals surface area (Å²) in [7, 11) is 2.22. The van der Waals surface area contributed by atoms with Crippen molar-refractivity contribution < 1.29 is 0 Å². The minimum atomic E-state index is 0.270. The lowest BCUT2D eigenvalue weighted by Gasteiger charge is -2.35. The molecule has 98 valence electrons. The number of rotatable bonds is 3. The maximum absolute atomic E-state index is 4.79. The number of nitrogens with zero attached hydrogens (tertiary/aromatic N) is 2. The van der Waals surface area contributed by atoms with E-state index in [-0.39, 0.29) is 5.54 Å². The molecule has 0 bridgehead atoms. The number of amidine groups is 1. The SMILES string of the molecule is CCC1(C)CCSC(=NCC2CCCN2C)N1. The molecule has 2 aliphatic rings. The van der Waals surface area contributed by atoms with Gasteiger partial charge in [0.25, 0.3) is 0 Å². The fourth-order valence-electron chi connectivity index (χ4n) is 2.48. The van der Waals surface area contributed by atoms with Gasteiger partial charge in [0, 0.05) is 17.3 Å². The lowest BCUT2D eigenvalue weighted by Crippen LogP contribution is -2.48. The van der Waals surface area contributed by atoms with Crippen LogP contribution in [0, 0.1) is 0 Å². The van der Waals surface area contributed by atoms with E-state index >= 15 is 0 Å². The summed E-state index contributed by atoms with van der Waals surface area (Å²) < 4.78 is 0. The van der Waals surface area contributed by atoms with Crippen molar-refractivity contribution in [2.24, 2.45) is 4.99 Å². The molecule has 0 aromatic heterocycles. The molecule has 0 spiro atoms. The zero-order valence-electron chi connectivity index (χ0n) is 11.3. The summed E-state index contributed by atoms with van der Waals surface area (Å²) in [6, 6.07) is 0.666. The van der Waals surface area contributed by atoms with Gasteiger partial charge in [-0.05, 0) is 46.2 Å². The maximum atomic E-state index is 4.79. The number of likely N-dealkylation sites (tertiary alicyclic amines) is 1. The standard InChI is InChI=1S/C13H25N3S/c1-4-13(2)7-9-17-12(15-13)14-10-11-6-5-8-16(11)3/h11H,4-10H2,1-3H3,(H,14,15). The second-order valence-corrected chi connectivity index (χ2v) is 6.64. The Morgan fingerprint density at radius 1 is 1.59 bits per heavy atom. The molecule has 2 fully saturated rings. The van der Waals surface area contributed by atoms with Crippen LogP contribution in [-0.4, -0.2) is 47.5 Å². The van der Waals surface area contributed by atoms with Crippen molar-refractivity contribution in [1.82, 2.24) is 10.2 Å². The van der Waals surface area contributed by atoms with Crippen LogP contribution in [0.5, 0.6) is 0 Å². The Morgan fingerprint density at radius 2 is 2.41 bits per heavy atom. The summed E-state index contributed by atoms with van der Waals surface area (Å²) in [5.41, 5.74) is 0.270. The predicted octanol–water partition coefficient (Wildman–Crippen LogP) is 2.33. The molecule has 2 aliphatic heterocycles. The zero-order valence-corrected chi connectivity index (χ0v) is 12.1. The Morgan fingerprint density at radius 3 is 3.06 bits per heavy atom. The summed E-state index contributed by atoms with van der Waals surface area (Å²) in [5, 5.41) is 4.78. The highest BCUT2D eigenvalue weighted by Crippen LogP contribution is 2.25. The van der Waals surface area contributed by atoms with E-state index in [0.29, 0.717) is 6.04 Å². The van der Waals surface area contributed by atoms with Crippen LogP contribution in [0.1, 0.15) is 39.5 Å². The third-order valence-corrected chi connectivity index (χ3v) is 5.11. The van der Waals surface area contributed by atoms with Gasteiger partial charge in [-0.2, -0.15) is 0 Å². The highest BCUT2D eigenvalue weighted by Gasteiger charge is 2.28. The van der Waals surface area contributed by atoms with E-state index in [0.717, 1.165) is 6.54 Å². The van der Waals surface area contributed by atoms with Crippen molar-refractivity contribution in [3.05, 3.63) is 0 Å². The predicted molar refractivity (Wildman–Crippen MR) is 76.9 cm³/mol. The molecule has 2 unspecified atom stereocenters. The molecule has 2 heterocycles. The molecule has 3 nitrogen and oxygen atoms in total. The van der Waals surface area contributed by atoms with Crippen LogP contribution in [0.3, 0.4) is 0 Å². The van der Waals surface area contributed by atoms with Crippen molar-refractivity contribution in [3.63, 3.8) is 0 Å². The Labute approximate surface area is 109 Å². The van der Waals surface area contributed by atoms with Crippen LogP contribution in [0.4, 0.5) is 0 Å². The number of thioether (sulfide) groups is 1. The third-order valence-electron chi connectivity index (χ3n) is 4.20. The number of nitrogens with one attached hydrogen (secondary N) is 1. The molecule has 1 N–H and O–H groups in total. The quantitative estimate of drug-likeness (QED) is 0.839. The summed E-state index contributed by atoms with van der Waals surface area (Å²) in [6.45, 7) is 6.77. The van der Waals surface area contributed by atoms with Gasteiger partial charge < -0.3 is 10.2 Å². The van der Waals surface area contributed by atoms with Crippen LogP contribution < -0.4 is 5.32 Å². The summed E-state index contributed by atoms with van der Waals surface area (Å²) in [4.78, 5) is 7.23. The van der Waals surface area contributed by atoms with Crippen molar-refractivity contribution in [1.29, 1.82) is 0 Å². The highest BCUT2D eigenvalue weighted by molar-refractivity contribution is 8.13. The molecule has 17 heavy (non-hydrogen) atoms. The lowest BCUT2D eigenvalue weighted by atomic mass is 9.96. The Bertz CT molecular complexity index is 292. The monoisotopic (exact) mass is 255 g/mol. The summed E-state index contributed by atoms with van der Waals surface area (Å²) in [6.07, 6.45) is 5.06. The van der Waals surface area contributed by atoms with Crippen LogP contribution in [-0.2, 0) is 0 Å². The summed E-state index contributed by atoms with van der Waals surface area (Å²) >= 11 is 1.89. The van der Waals surface area contributed by atoms with Gasteiger partial charge in [-0.15, -0.1) is 0 Å². The Balaban J connectivity index is 1.88. The highest BCUT2D eigenvalue weighted by atomic mass is 32.2. The second-order valence-electron chi connectivity index (χ2n) is 5.56. The first-order valence-corrected chi connectivity index (χ1v) is 7.77. The zero-order chi connectivity index (χ0) is 12.3. The number of likely N-dealkylation sites (N-methyl/N-ethyl adjacent to an activating group) is 1. The maximum Gasteiger partial charge on any atom is 0.157 e. The number of hydrogen-bond donors (Lipinski definition) is 1. The van der Waals surface area contributed by atoms with E-state index in [1.165, 1.54) is 43.1 Å². The number of aliphatic imine (C=N–C) groups is 1. The average Bonchev–Trinajstić information content (AvgIpc) is 2.73. The molecular formula is C13H25N3S. The van der Waals surface area contributed by atoms with E-state index in [1.54, 1.807) is 0 Å². The van der Waals surface area contributed by atoms with E-state index in [4.69, 9.17) is 4.99 Å². The van der Waals surface area contributed by atoms with Gasteiger partial charge in [-0.3, -0.25) is 4.99 Å². The van der Waals surface area contributed by atoms with Crippen molar-refractivity contribution in [2.75, 3.05) is 25.9 Å². The van der Waals surface area contributed by atoms with E-state index < -0.39 is 0 Å². The minimum absolute atomic E-state index is 0.270. The molecule has 2 saturated heterocycles. The van der Waals surface area contributed by atoms with Gasteiger partial charge in [0.1, 0.15) is 0 Å². The molecule has 0 saturated carbocycles. The Hall–Kier alpha value is -0.220. The first-order valence-electron chi connectivity index (χ1n) is 6.78. The van der Waals surface area contributed by atoms with Crippen molar-refractivity contribution in [2.45, 2.75) is 51.1 Å². The van der Waals surface area contributed by atoms with Gasteiger partial charge in [-0.25, -0.2) is 0 Å². The topological polar surface area (TPSA) is 27.6 Å². The fraction of sp³-hybridized carbons (Fsp3) is 0.923. The van der Waals surface area contributed by atoms with Crippen LogP contribution >= 0.6 is 11.8 Å². The molecular weight excluding hydrogens is 230 g/mol. The lowest BCUT2D eigenvalue weighted by molar-refractivity contribution is 0.317. The van der Waals surface area contributed by atoms with E-state index in [9.17, 15) is 0 Å². The fourth-order valence-corrected chi connectivity index (χ4v) is 3.71. The molecule has 4 heteroatoms. The van der Waals surface area contributed by atoms with Gasteiger partial charge in [0.05, 0.1) is 6.54 Å². The van der Waals surface area contributed by atoms with Gasteiger partial charge >= 0.3 is 0 Å². The molecule has 2 atom stereocenters. The molecule has 0 aromatic rings. The molecule has 2 rings (SSSR count). The first-order chi connectivity index (χ1) is 8.13. The summed E-state index contributed by atoms with van der Waals surface area (Å²) in [5.74, 6) is 1.21. The first kappa shape index (κ1) is 13.2. The molecule has 0 aliphatic carbocycles. The number of hydrogen-bond acceptors (Lipinski definition) is 3. The second kappa shape index (κ2) is 5.61. The van der Waals surface area contributed by atoms with E-state index in [1.807, 2.05) is 11.8 Å². The minimum Gasteiger partial charge on any atom is -0.360 e. The van der Waals surface area contributed by atoms with Gasteiger partial charge in [0.15, 0.2) is 5.17 Å². The Kier molecular flexibility index (Phi) is 4.36. The third kappa shape index (κ3) is 3.38. The molecule has 0 radical (unpaired) electrons. The van der Waals surface area contributed by atoms with Gasteiger partial charge in [-0.1, -0.05) is 18.7 Å². The molecule has 0 amide bonds. The van der Waals surface area contributed by atoms with Crippen molar-refractivity contribution in [3.8, 4) is 0 Å². The average molecular weight is 255 g/mol. The van der Waals surface area contributed by atoms with Gasteiger partial charge in [0.2, 0.25) is 0 Å². The van der Waals surface area contributed by atoms with Crippen LogP contribution in [0.2, 0.25) is 0 Å². The van der Waals surface area contributed by atoms with E-state index in [2.05, 4.69) is 31.1 Å². The van der Waals surface area contributed by atoms with Crippen LogP contribution in [0.15, 0.2) is 4.99 Å². The van der Waals surface area contributed by atoms with Crippen molar-refractivity contribution >= 4 is 16.9 Å². The van der Waals surface area contributed by atoms with Crippen LogP contribution in [0.25, 0.3) is 0 Å². The normalized spacial score (nSPS) is 37.4. The largest absolute Gasteiger partial charge is 0.360 e.